The average Bonchev–Trinajstić information content (AvgIpc) is 2.63. The van der Waals surface area contributed by atoms with Crippen LogP contribution in [0.3, 0.4) is 0 Å². The molecule has 0 rings (SSSR count). The molecule has 38 heavy (non-hydrogen) atoms. The van der Waals surface area contributed by atoms with Gasteiger partial charge >= 0.3 is 56.2 Å². The van der Waals surface area contributed by atoms with Crippen molar-refractivity contribution in [3.8, 4) is 0 Å². The molecule has 1 atom stereocenters. The molecule has 22 heteroatoms. The third-order valence-corrected chi connectivity index (χ3v) is 4.54. The van der Waals surface area contributed by atoms with Crippen molar-refractivity contribution in [3.05, 3.63) is 0 Å². The highest BCUT2D eigenvalue weighted by atomic mass is 31.2. The van der Waals surface area contributed by atoms with Gasteiger partial charge in [-0.15, -0.1) is 0 Å². The molecule has 0 bridgehead atoms. The van der Waals surface area contributed by atoms with E-state index in [0.717, 1.165) is 13.8 Å². The van der Waals surface area contributed by atoms with Gasteiger partial charge in [-0.2, -0.15) is 52.7 Å². The van der Waals surface area contributed by atoms with Crippen molar-refractivity contribution in [1.82, 2.24) is 5.32 Å². The molecule has 0 saturated carbocycles. The molecule has 0 aromatic carbocycles. The van der Waals surface area contributed by atoms with Crippen LogP contribution in [-0.2, 0) is 4.57 Å². The van der Waals surface area contributed by atoms with Crippen LogP contribution in [0.4, 0.5) is 70.2 Å². The van der Waals surface area contributed by atoms with Crippen molar-refractivity contribution < 1.29 is 89.5 Å². The van der Waals surface area contributed by atoms with Gasteiger partial charge in [-0.3, -0.25) is 0 Å². The van der Waals surface area contributed by atoms with Gasteiger partial charge in [-0.25, -0.2) is 22.1 Å². The standard InChI is InChI=1S/C16H19F16N.H3O4P/c1-7(2)33-10(3,6-12(23,24)16(31,32)14(27,28)9(19)20)4-5-11(21,22)15(29,30)13(25,26)8(17)18;1-5(2,3)4/h7-9,33H,4-6H2,1-3H3;(H3,1,2,3,4). The van der Waals surface area contributed by atoms with E-state index in [2.05, 4.69) is 0 Å². The van der Waals surface area contributed by atoms with E-state index in [9.17, 15) is 70.2 Å². The van der Waals surface area contributed by atoms with Crippen LogP contribution in [0, 0.1) is 0 Å². The monoisotopic (exact) mass is 627 g/mol. The number of phosphoric acid groups is 1. The van der Waals surface area contributed by atoms with Gasteiger partial charge in [0.2, 0.25) is 0 Å². The second kappa shape index (κ2) is 12.2. The minimum atomic E-state index is -6.76. The van der Waals surface area contributed by atoms with Crippen LogP contribution < -0.4 is 5.32 Å². The average molecular weight is 627 g/mol. The van der Waals surface area contributed by atoms with Gasteiger partial charge in [-0.05, 0) is 13.3 Å². The van der Waals surface area contributed by atoms with Crippen molar-refractivity contribution in [2.75, 3.05) is 0 Å². The fraction of sp³-hybridized carbons (Fsp3) is 1.00. The lowest BCUT2D eigenvalue weighted by Crippen LogP contribution is -2.62. The lowest BCUT2D eigenvalue weighted by atomic mass is 9.83. The van der Waals surface area contributed by atoms with Crippen LogP contribution in [0.5, 0.6) is 0 Å². The summed E-state index contributed by atoms with van der Waals surface area (Å²) in [7, 11) is -4.64. The molecule has 0 aromatic heterocycles. The highest BCUT2D eigenvalue weighted by Gasteiger charge is 2.77. The molecule has 0 heterocycles. The second-order valence-corrected chi connectivity index (χ2v) is 9.48. The van der Waals surface area contributed by atoms with Gasteiger partial charge in [0.05, 0.1) is 0 Å². The van der Waals surface area contributed by atoms with Gasteiger partial charge in [0.15, 0.2) is 0 Å². The van der Waals surface area contributed by atoms with Crippen LogP contribution in [0.2, 0.25) is 0 Å². The Labute approximate surface area is 203 Å². The highest BCUT2D eigenvalue weighted by molar-refractivity contribution is 7.45. The first kappa shape index (κ1) is 39.1. The van der Waals surface area contributed by atoms with Crippen molar-refractivity contribution in [3.63, 3.8) is 0 Å². The van der Waals surface area contributed by atoms with Crippen molar-refractivity contribution in [2.45, 2.75) is 100 Å². The van der Waals surface area contributed by atoms with Crippen molar-refractivity contribution in [1.29, 1.82) is 0 Å². The molecule has 232 valence electrons. The predicted octanol–water partition coefficient (Wildman–Crippen LogP) is 6.33. The number of alkyl halides is 16. The van der Waals surface area contributed by atoms with Gasteiger partial charge in [0.25, 0.3) is 0 Å². The Hall–Kier alpha value is -1.05. The summed E-state index contributed by atoms with van der Waals surface area (Å²) in [6.45, 7) is 2.46. The summed E-state index contributed by atoms with van der Waals surface area (Å²) in [5.74, 6) is -38.8. The fourth-order valence-electron chi connectivity index (χ4n) is 2.86. The van der Waals surface area contributed by atoms with E-state index in [1.807, 2.05) is 5.32 Å². The molecular formula is C16H22F16NO4P. The first-order chi connectivity index (χ1) is 16.2. The van der Waals surface area contributed by atoms with Crippen LogP contribution in [0.25, 0.3) is 0 Å². The smallest absolute Gasteiger partial charge is 0.309 e. The van der Waals surface area contributed by atoms with E-state index in [0.29, 0.717) is 6.92 Å². The largest absolute Gasteiger partial charge is 0.466 e. The number of halogens is 16. The molecule has 0 radical (unpaired) electrons. The molecule has 0 amide bonds. The molecule has 0 fully saturated rings. The predicted molar refractivity (Wildman–Crippen MR) is 96.5 cm³/mol. The number of hydrogen-bond acceptors (Lipinski definition) is 2. The summed E-state index contributed by atoms with van der Waals surface area (Å²) in [6, 6.07) is -1.13. The maximum absolute atomic E-state index is 14.0. The summed E-state index contributed by atoms with van der Waals surface area (Å²) in [5.41, 5.74) is -2.95. The maximum atomic E-state index is 14.0. The number of rotatable bonds is 13. The summed E-state index contributed by atoms with van der Waals surface area (Å²) in [4.78, 5) is 21.6. The Kier molecular flexibility index (Phi) is 12.6. The Balaban J connectivity index is 0. The quantitative estimate of drug-likeness (QED) is 0.142. The second-order valence-electron chi connectivity index (χ2n) is 8.45. The van der Waals surface area contributed by atoms with Crippen LogP contribution in [0.15, 0.2) is 0 Å². The molecule has 4 N–H and O–H groups in total. The third-order valence-electron chi connectivity index (χ3n) is 4.54. The minimum absolute atomic E-state index is 0.344. The molecule has 0 aliphatic carbocycles. The van der Waals surface area contributed by atoms with Crippen molar-refractivity contribution >= 4 is 7.82 Å². The topological polar surface area (TPSA) is 89.8 Å². The summed E-state index contributed by atoms with van der Waals surface area (Å²) < 4.78 is 219. The van der Waals surface area contributed by atoms with E-state index >= 15 is 0 Å². The zero-order valence-electron chi connectivity index (χ0n) is 19.1. The third kappa shape index (κ3) is 9.55. The van der Waals surface area contributed by atoms with Crippen LogP contribution >= 0.6 is 7.82 Å². The van der Waals surface area contributed by atoms with E-state index in [1.165, 1.54) is 0 Å². The van der Waals surface area contributed by atoms with E-state index in [4.69, 9.17) is 19.2 Å². The Morgan fingerprint density at radius 3 is 1.21 bits per heavy atom. The van der Waals surface area contributed by atoms with Gasteiger partial charge < -0.3 is 20.0 Å². The molecule has 0 spiro atoms. The molecule has 1 unspecified atom stereocenters. The molecule has 0 aliphatic rings. The Morgan fingerprint density at radius 2 is 0.947 bits per heavy atom. The lowest BCUT2D eigenvalue weighted by molar-refractivity contribution is -0.345. The minimum Gasteiger partial charge on any atom is -0.309 e. The molecular weight excluding hydrogens is 605 g/mol. The fourth-order valence-corrected chi connectivity index (χ4v) is 2.86. The molecule has 0 saturated heterocycles. The van der Waals surface area contributed by atoms with Gasteiger partial charge in [0.1, 0.15) is 0 Å². The van der Waals surface area contributed by atoms with E-state index in [-0.39, 0.29) is 0 Å². The molecule has 0 aliphatic heterocycles. The highest BCUT2D eigenvalue weighted by Crippen LogP contribution is 2.53. The lowest BCUT2D eigenvalue weighted by Gasteiger charge is -2.41. The van der Waals surface area contributed by atoms with Crippen LogP contribution in [0.1, 0.15) is 40.0 Å². The van der Waals surface area contributed by atoms with E-state index < -0.39 is 87.1 Å². The summed E-state index contributed by atoms with van der Waals surface area (Å²) in [6.07, 6.45) is -17.6. The number of nitrogens with one attached hydrogen (secondary N) is 1. The SMILES string of the molecule is CC(C)NC(C)(CCC(F)(F)C(F)(F)C(F)(F)C(F)F)CC(F)(F)C(F)(F)C(F)(F)C(F)F.O=P(O)(O)O. The Bertz CT molecular complexity index is 796. The summed E-state index contributed by atoms with van der Waals surface area (Å²) in [5, 5.41) is 1.89. The van der Waals surface area contributed by atoms with Crippen molar-refractivity contribution in [2.24, 2.45) is 0 Å². The van der Waals surface area contributed by atoms with Gasteiger partial charge in [0, 0.05) is 24.4 Å². The maximum Gasteiger partial charge on any atom is 0.466 e. The summed E-state index contributed by atoms with van der Waals surface area (Å²) >= 11 is 0. The zero-order chi connectivity index (χ0) is 31.6. The molecule has 5 nitrogen and oxygen atoms in total. The first-order valence-electron chi connectivity index (χ1n) is 9.61. The zero-order valence-corrected chi connectivity index (χ0v) is 20.0. The normalized spacial score (nSPS) is 16.6. The van der Waals surface area contributed by atoms with Gasteiger partial charge in [-0.1, -0.05) is 13.8 Å². The first-order valence-corrected chi connectivity index (χ1v) is 11.2. The van der Waals surface area contributed by atoms with Crippen LogP contribution in [-0.4, -0.2) is 74.6 Å². The Morgan fingerprint density at radius 1 is 0.658 bits per heavy atom. The van der Waals surface area contributed by atoms with E-state index in [1.54, 1.807) is 0 Å². The molecule has 0 aromatic rings. The number of hydrogen-bond donors (Lipinski definition) is 4.